The highest BCUT2D eigenvalue weighted by Gasteiger charge is 2.32. The Bertz CT molecular complexity index is 411. The number of carboxylic acids is 2. The molecule has 1 aliphatic rings. The van der Waals surface area contributed by atoms with Gasteiger partial charge in [0.2, 0.25) is 0 Å². The number of rotatable bonds is 6. The van der Waals surface area contributed by atoms with Gasteiger partial charge in [-0.3, -0.25) is 9.59 Å². The zero-order chi connectivity index (χ0) is 14.5. The molecule has 0 aliphatic carbocycles. The van der Waals surface area contributed by atoms with Crippen molar-refractivity contribution in [1.29, 1.82) is 0 Å². The Morgan fingerprint density at radius 2 is 1.37 bits per heavy atom. The zero-order valence-electron chi connectivity index (χ0n) is 10.5. The van der Waals surface area contributed by atoms with E-state index < -0.39 is 35.2 Å². The van der Waals surface area contributed by atoms with Crippen LogP contribution in [-0.4, -0.2) is 65.4 Å². The Morgan fingerprint density at radius 3 is 1.74 bits per heavy atom. The maximum atomic E-state index is 12.2. The van der Waals surface area contributed by atoms with Crippen LogP contribution in [0.5, 0.6) is 0 Å². The third-order valence-electron chi connectivity index (χ3n) is 2.84. The molecule has 0 saturated carbocycles. The highest BCUT2D eigenvalue weighted by molar-refractivity contribution is 7.86. The molecule has 0 unspecified atom stereocenters. The van der Waals surface area contributed by atoms with Gasteiger partial charge in [-0.1, -0.05) is 12.8 Å². The molecule has 0 aromatic heterocycles. The normalized spacial score (nSPS) is 18.2. The summed E-state index contributed by atoms with van der Waals surface area (Å²) in [4.78, 5) is 21.3. The highest BCUT2D eigenvalue weighted by Crippen LogP contribution is 2.16. The molecule has 9 heteroatoms. The largest absolute Gasteiger partial charge is 0.480 e. The van der Waals surface area contributed by atoms with Crippen molar-refractivity contribution in [3.63, 3.8) is 0 Å². The van der Waals surface area contributed by atoms with Crippen molar-refractivity contribution in [2.45, 2.75) is 25.7 Å². The van der Waals surface area contributed by atoms with Crippen LogP contribution in [0.25, 0.3) is 0 Å². The van der Waals surface area contributed by atoms with Crippen molar-refractivity contribution in [2.24, 2.45) is 0 Å². The lowest BCUT2D eigenvalue weighted by Crippen LogP contribution is -2.48. The monoisotopic (exact) mass is 294 g/mol. The number of hydrogen-bond acceptors (Lipinski definition) is 4. The fourth-order valence-electron chi connectivity index (χ4n) is 1.96. The van der Waals surface area contributed by atoms with Gasteiger partial charge in [-0.25, -0.2) is 0 Å². The zero-order valence-corrected chi connectivity index (χ0v) is 11.3. The minimum Gasteiger partial charge on any atom is -0.480 e. The van der Waals surface area contributed by atoms with E-state index in [0.29, 0.717) is 30.2 Å². The van der Waals surface area contributed by atoms with E-state index in [1.807, 2.05) is 0 Å². The number of carboxylic acid groups (broad SMARTS) is 2. The Kier molecular flexibility index (Phi) is 5.70. The Morgan fingerprint density at radius 1 is 0.947 bits per heavy atom. The number of aliphatic carboxylic acids is 2. The molecule has 0 aromatic carbocycles. The van der Waals surface area contributed by atoms with Gasteiger partial charge in [-0.15, -0.1) is 0 Å². The average molecular weight is 294 g/mol. The first-order valence-electron chi connectivity index (χ1n) is 6.03. The minimum atomic E-state index is -4.03. The third kappa shape index (κ3) is 4.77. The Hall–Kier alpha value is -1.19. The van der Waals surface area contributed by atoms with Crippen molar-refractivity contribution < 1.29 is 28.2 Å². The molecule has 0 aromatic rings. The summed E-state index contributed by atoms with van der Waals surface area (Å²) < 4.78 is 26.1. The van der Waals surface area contributed by atoms with E-state index in [-0.39, 0.29) is 0 Å². The van der Waals surface area contributed by atoms with E-state index in [1.54, 1.807) is 0 Å². The molecule has 110 valence electrons. The maximum Gasteiger partial charge on any atom is 0.318 e. The fraction of sp³-hybridized carbons (Fsp3) is 0.800. The molecule has 0 spiro atoms. The van der Waals surface area contributed by atoms with Crippen molar-refractivity contribution in [1.82, 2.24) is 8.61 Å². The molecule has 1 fully saturated rings. The van der Waals surface area contributed by atoms with Crippen molar-refractivity contribution in [3.05, 3.63) is 0 Å². The van der Waals surface area contributed by atoms with Crippen molar-refractivity contribution >= 4 is 22.1 Å². The lowest BCUT2D eigenvalue weighted by atomic mass is 10.2. The quantitative estimate of drug-likeness (QED) is 0.687. The second kappa shape index (κ2) is 6.83. The molecule has 0 radical (unpaired) electrons. The molecule has 19 heavy (non-hydrogen) atoms. The summed E-state index contributed by atoms with van der Waals surface area (Å²) in [7, 11) is -4.03. The molecule has 0 bridgehead atoms. The molecular formula is C10H18N2O6S. The first kappa shape index (κ1) is 15.9. The molecule has 2 N–H and O–H groups in total. The van der Waals surface area contributed by atoms with Gasteiger partial charge in [-0.2, -0.15) is 17.0 Å². The van der Waals surface area contributed by atoms with Gasteiger partial charge >= 0.3 is 11.9 Å². The van der Waals surface area contributed by atoms with Gasteiger partial charge in [0.25, 0.3) is 10.2 Å². The van der Waals surface area contributed by atoms with Gasteiger partial charge in [0, 0.05) is 13.1 Å². The lowest BCUT2D eigenvalue weighted by Gasteiger charge is -2.26. The summed E-state index contributed by atoms with van der Waals surface area (Å²) in [5.74, 6) is -2.75. The van der Waals surface area contributed by atoms with E-state index >= 15 is 0 Å². The van der Waals surface area contributed by atoms with Crippen LogP contribution in [0.3, 0.4) is 0 Å². The van der Waals surface area contributed by atoms with Crippen LogP contribution >= 0.6 is 0 Å². The first-order chi connectivity index (χ1) is 8.84. The van der Waals surface area contributed by atoms with Crippen LogP contribution < -0.4 is 0 Å². The minimum absolute atomic E-state index is 0.304. The van der Waals surface area contributed by atoms with E-state index in [2.05, 4.69) is 0 Å². The smallest absolute Gasteiger partial charge is 0.318 e. The molecule has 0 amide bonds. The van der Waals surface area contributed by atoms with Crippen molar-refractivity contribution in [2.75, 3.05) is 26.2 Å². The van der Waals surface area contributed by atoms with Gasteiger partial charge < -0.3 is 10.2 Å². The number of carbonyl (C=O) groups is 2. The molecule has 8 nitrogen and oxygen atoms in total. The topological polar surface area (TPSA) is 115 Å². The summed E-state index contributed by atoms with van der Waals surface area (Å²) >= 11 is 0. The van der Waals surface area contributed by atoms with Crippen LogP contribution in [0.2, 0.25) is 0 Å². The van der Waals surface area contributed by atoms with Gasteiger partial charge in [0.1, 0.15) is 13.1 Å². The predicted octanol–water partition coefficient (Wildman–Crippen LogP) is -0.422. The van der Waals surface area contributed by atoms with E-state index in [4.69, 9.17) is 10.2 Å². The van der Waals surface area contributed by atoms with Gasteiger partial charge in [0.05, 0.1) is 0 Å². The maximum absolute atomic E-state index is 12.2. The standard InChI is InChI=1S/C10H18N2O6S/c13-9(14)7-12(8-10(15)16)19(17,18)11-5-3-1-2-4-6-11/h1-8H2,(H,13,14)(H,15,16). The Labute approximate surface area is 111 Å². The highest BCUT2D eigenvalue weighted by atomic mass is 32.2. The summed E-state index contributed by atoms with van der Waals surface area (Å²) in [6.07, 6.45) is 3.24. The van der Waals surface area contributed by atoms with Crippen LogP contribution in [0.4, 0.5) is 0 Å². The molecule has 1 aliphatic heterocycles. The molecule has 1 saturated heterocycles. The number of nitrogens with zero attached hydrogens (tertiary/aromatic N) is 2. The summed E-state index contributed by atoms with van der Waals surface area (Å²) in [5.41, 5.74) is 0. The SMILES string of the molecule is O=C(O)CN(CC(=O)O)S(=O)(=O)N1CCCCCC1. The van der Waals surface area contributed by atoms with Gasteiger partial charge in [0.15, 0.2) is 0 Å². The Balaban J connectivity index is 2.89. The average Bonchev–Trinajstić information content (AvgIpc) is 2.55. The van der Waals surface area contributed by atoms with E-state index in [1.165, 1.54) is 4.31 Å². The van der Waals surface area contributed by atoms with Crippen molar-refractivity contribution in [3.8, 4) is 0 Å². The molecule has 0 atom stereocenters. The third-order valence-corrected chi connectivity index (χ3v) is 4.77. The molecule has 1 rings (SSSR count). The van der Waals surface area contributed by atoms with Crippen LogP contribution in [0, 0.1) is 0 Å². The van der Waals surface area contributed by atoms with Crippen LogP contribution in [-0.2, 0) is 19.8 Å². The predicted molar refractivity (Wildman–Crippen MR) is 65.8 cm³/mol. The van der Waals surface area contributed by atoms with Crippen LogP contribution in [0.15, 0.2) is 0 Å². The fourth-order valence-corrected chi connectivity index (χ4v) is 3.55. The second-order valence-electron chi connectivity index (χ2n) is 4.38. The summed E-state index contributed by atoms with van der Waals surface area (Å²) in [5, 5.41) is 17.4. The summed E-state index contributed by atoms with van der Waals surface area (Å²) in [6, 6.07) is 0. The van der Waals surface area contributed by atoms with Gasteiger partial charge in [-0.05, 0) is 12.8 Å². The lowest BCUT2D eigenvalue weighted by molar-refractivity contribution is -0.139. The van der Waals surface area contributed by atoms with E-state index in [9.17, 15) is 18.0 Å². The molecule has 1 heterocycles. The number of hydrogen-bond donors (Lipinski definition) is 2. The first-order valence-corrected chi connectivity index (χ1v) is 7.42. The van der Waals surface area contributed by atoms with Crippen LogP contribution in [0.1, 0.15) is 25.7 Å². The second-order valence-corrected chi connectivity index (χ2v) is 6.31. The summed E-state index contributed by atoms with van der Waals surface area (Å²) in [6.45, 7) is -1.08. The molecular weight excluding hydrogens is 276 g/mol. The van der Waals surface area contributed by atoms with E-state index in [0.717, 1.165) is 12.8 Å².